The van der Waals surface area contributed by atoms with Crippen LogP contribution in [-0.2, 0) is 4.74 Å². The summed E-state index contributed by atoms with van der Waals surface area (Å²) >= 11 is 6.27. The molecule has 0 bridgehead atoms. The Morgan fingerprint density at radius 3 is 2.89 bits per heavy atom. The first-order valence-electron chi connectivity index (χ1n) is 8.58. The second-order valence-corrected chi connectivity index (χ2v) is 6.77. The lowest BCUT2D eigenvalue weighted by Gasteiger charge is -2.13. The molecule has 10 heteroatoms. The molecular formula is C18H16ClF2N5O2. The predicted molar refractivity (Wildman–Crippen MR) is 99.6 cm³/mol. The number of nitrogens with one attached hydrogen (secondary N) is 2. The first-order valence-corrected chi connectivity index (χ1v) is 8.95. The summed E-state index contributed by atoms with van der Waals surface area (Å²) in [6.45, 7) is 1.17. The molecule has 1 aliphatic heterocycles. The van der Waals surface area contributed by atoms with Gasteiger partial charge < -0.3 is 15.4 Å². The standard InChI is InChI=1S/C18H16ClF2N5O2/c1-22-18(27)9-4-11(16(21)13(20)5-9)14-7-23-15-6-12(19)17(25-26(14)15)24-10-2-3-28-8-10/h4-7,10H,2-3,8H2,1H3,(H,22,27)(H,24,25). The number of amides is 1. The summed E-state index contributed by atoms with van der Waals surface area (Å²) in [5.74, 6) is -2.38. The van der Waals surface area contributed by atoms with Gasteiger partial charge in [0.05, 0.1) is 29.6 Å². The third kappa shape index (κ3) is 3.27. The Bertz CT molecular complexity index is 1070. The Balaban J connectivity index is 1.83. The van der Waals surface area contributed by atoms with Crippen molar-refractivity contribution in [2.75, 3.05) is 25.6 Å². The minimum Gasteiger partial charge on any atom is -0.379 e. The molecule has 7 nitrogen and oxygen atoms in total. The number of carbonyl (C=O) groups is 1. The molecule has 1 unspecified atom stereocenters. The van der Waals surface area contributed by atoms with Crippen LogP contribution in [-0.4, -0.2) is 46.8 Å². The minimum absolute atomic E-state index is 0.0123. The zero-order valence-electron chi connectivity index (χ0n) is 14.8. The van der Waals surface area contributed by atoms with Gasteiger partial charge in [0.1, 0.15) is 0 Å². The number of nitrogens with zero attached hydrogens (tertiary/aromatic N) is 3. The van der Waals surface area contributed by atoms with Crippen LogP contribution in [0.4, 0.5) is 14.6 Å². The molecule has 1 aromatic carbocycles. The third-order valence-corrected chi connectivity index (χ3v) is 4.80. The van der Waals surface area contributed by atoms with Gasteiger partial charge in [-0.3, -0.25) is 4.79 Å². The smallest absolute Gasteiger partial charge is 0.251 e. The molecule has 0 aliphatic carbocycles. The molecule has 1 saturated heterocycles. The normalized spacial score (nSPS) is 16.5. The van der Waals surface area contributed by atoms with E-state index < -0.39 is 17.5 Å². The van der Waals surface area contributed by atoms with Crippen molar-refractivity contribution < 1.29 is 18.3 Å². The number of aromatic nitrogens is 3. The van der Waals surface area contributed by atoms with Crippen molar-refractivity contribution in [2.24, 2.45) is 0 Å². The number of ether oxygens (including phenoxy) is 1. The summed E-state index contributed by atoms with van der Waals surface area (Å²) in [5.41, 5.74) is 0.413. The molecular weight excluding hydrogens is 392 g/mol. The van der Waals surface area contributed by atoms with Gasteiger partial charge in [0.25, 0.3) is 5.91 Å². The van der Waals surface area contributed by atoms with Gasteiger partial charge in [0, 0.05) is 30.8 Å². The number of hydrogen-bond acceptors (Lipinski definition) is 5. The average Bonchev–Trinajstić information content (AvgIpc) is 3.33. The third-order valence-electron chi connectivity index (χ3n) is 4.51. The molecule has 0 radical (unpaired) electrons. The number of rotatable bonds is 4. The molecule has 0 saturated carbocycles. The summed E-state index contributed by atoms with van der Waals surface area (Å²) in [5, 5.41) is 10.3. The largest absolute Gasteiger partial charge is 0.379 e. The topological polar surface area (TPSA) is 80.5 Å². The quantitative estimate of drug-likeness (QED) is 0.695. The van der Waals surface area contributed by atoms with Crippen molar-refractivity contribution >= 4 is 29.0 Å². The molecule has 1 fully saturated rings. The highest BCUT2D eigenvalue weighted by atomic mass is 35.5. The minimum atomic E-state index is -1.14. The molecule has 3 heterocycles. The summed E-state index contributed by atoms with van der Waals surface area (Å²) in [4.78, 5) is 16.0. The van der Waals surface area contributed by atoms with Crippen molar-refractivity contribution in [1.82, 2.24) is 19.9 Å². The second kappa shape index (κ2) is 7.33. The fraction of sp³-hybridized carbons (Fsp3) is 0.278. The average molecular weight is 408 g/mol. The van der Waals surface area contributed by atoms with Crippen molar-refractivity contribution in [3.8, 4) is 11.3 Å². The molecule has 2 N–H and O–H groups in total. The summed E-state index contributed by atoms with van der Waals surface area (Å²) < 4.78 is 35.3. The Hall–Kier alpha value is -2.78. The van der Waals surface area contributed by atoms with Crippen LogP contribution in [0.15, 0.2) is 24.4 Å². The summed E-state index contributed by atoms with van der Waals surface area (Å²) in [7, 11) is 1.41. The second-order valence-electron chi connectivity index (χ2n) is 6.36. The van der Waals surface area contributed by atoms with Crippen molar-refractivity contribution in [3.05, 3.63) is 46.6 Å². The van der Waals surface area contributed by atoms with Crippen LogP contribution in [0, 0.1) is 11.6 Å². The van der Waals surface area contributed by atoms with E-state index in [4.69, 9.17) is 16.3 Å². The lowest BCUT2D eigenvalue weighted by Crippen LogP contribution is -2.20. The molecule has 3 aromatic rings. The van der Waals surface area contributed by atoms with Gasteiger partial charge in [0.2, 0.25) is 0 Å². The maximum absolute atomic E-state index is 14.5. The van der Waals surface area contributed by atoms with Crippen LogP contribution < -0.4 is 10.6 Å². The Morgan fingerprint density at radius 2 is 2.18 bits per heavy atom. The summed E-state index contributed by atoms with van der Waals surface area (Å²) in [6.07, 6.45) is 2.16. The number of anilines is 1. The van der Waals surface area contributed by atoms with Gasteiger partial charge in [-0.05, 0) is 18.6 Å². The molecule has 0 spiro atoms. The highest BCUT2D eigenvalue weighted by Gasteiger charge is 2.21. The van der Waals surface area contributed by atoms with Crippen LogP contribution in [0.2, 0.25) is 5.02 Å². The SMILES string of the molecule is CNC(=O)c1cc(F)c(F)c(-c2cnc3cc(Cl)c(NC4CCOC4)nn23)c1. The van der Waals surface area contributed by atoms with Crippen LogP contribution >= 0.6 is 11.6 Å². The van der Waals surface area contributed by atoms with E-state index in [1.165, 1.54) is 23.8 Å². The van der Waals surface area contributed by atoms with Gasteiger partial charge in [0.15, 0.2) is 23.1 Å². The highest BCUT2D eigenvalue weighted by molar-refractivity contribution is 6.33. The van der Waals surface area contributed by atoms with Crippen LogP contribution in [0.3, 0.4) is 0 Å². The highest BCUT2D eigenvalue weighted by Crippen LogP contribution is 2.29. The lowest BCUT2D eigenvalue weighted by molar-refractivity contribution is 0.0962. The zero-order valence-corrected chi connectivity index (χ0v) is 15.6. The van der Waals surface area contributed by atoms with Crippen molar-refractivity contribution in [2.45, 2.75) is 12.5 Å². The maximum Gasteiger partial charge on any atom is 0.251 e. The maximum atomic E-state index is 14.5. The van der Waals surface area contributed by atoms with Gasteiger partial charge in [-0.2, -0.15) is 0 Å². The van der Waals surface area contributed by atoms with E-state index in [1.54, 1.807) is 6.07 Å². The number of halogens is 3. The predicted octanol–water partition coefficient (Wildman–Crippen LogP) is 2.89. The number of imidazole rings is 1. The van der Waals surface area contributed by atoms with E-state index in [2.05, 4.69) is 20.7 Å². The Labute approximate surface area is 163 Å². The van der Waals surface area contributed by atoms with E-state index in [9.17, 15) is 13.6 Å². The van der Waals surface area contributed by atoms with Crippen LogP contribution in [0.5, 0.6) is 0 Å². The first kappa shape index (κ1) is 18.6. The number of fused-ring (bicyclic) bond motifs is 1. The van der Waals surface area contributed by atoms with Gasteiger partial charge in [-0.15, -0.1) is 5.10 Å². The monoisotopic (exact) mass is 407 g/mol. The molecule has 2 aromatic heterocycles. The molecule has 28 heavy (non-hydrogen) atoms. The van der Waals surface area contributed by atoms with E-state index >= 15 is 0 Å². The lowest BCUT2D eigenvalue weighted by atomic mass is 10.1. The number of carbonyl (C=O) groups excluding carboxylic acids is 1. The number of benzene rings is 1. The number of hydrogen-bond donors (Lipinski definition) is 2. The van der Waals surface area contributed by atoms with Gasteiger partial charge in [-0.25, -0.2) is 18.3 Å². The van der Waals surface area contributed by atoms with E-state index in [1.807, 2.05) is 0 Å². The molecule has 1 atom stereocenters. The van der Waals surface area contributed by atoms with Crippen molar-refractivity contribution in [1.29, 1.82) is 0 Å². The van der Waals surface area contributed by atoms with Crippen LogP contribution in [0.1, 0.15) is 16.8 Å². The molecule has 146 valence electrons. The zero-order chi connectivity index (χ0) is 19.8. The molecule has 1 amide bonds. The Kier molecular flexibility index (Phi) is 4.86. The van der Waals surface area contributed by atoms with Gasteiger partial charge >= 0.3 is 0 Å². The fourth-order valence-corrected chi connectivity index (χ4v) is 3.26. The van der Waals surface area contributed by atoms with E-state index in [0.29, 0.717) is 29.7 Å². The Morgan fingerprint density at radius 1 is 1.36 bits per heavy atom. The van der Waals surface area contributed by atoms with E-state index in [-0.39, 0.29) is 22.9 Å². The first-order chi connectivity index (χ1) is 13.5. The molecule has 4 rings (SSSR count). The van der Waals surface area contributed by atoms with E-state index in [0.717, 1.165) is 12.5 Å². The molecule has 1 aliphatic rings. The van der Waals surface area contributed by atoms with Crippen molar-refractivity contribution in [3.63, 3.8) is 0 Å². The van der Waals surface area contributed by atoms with Gasteiger partial charge in [-0.1, -0.05) is 11.6 Å². The van der Waals surface area contributed by atoms with Crippen LogP contribution in [0.25, 0.3) is 16.9 Å². The fourth-order valence-electron chi connectivity index (χ4n) is 3.07. The summed E-state index contributed by atoms with van der Waals surface area (Å²) in [6, 6.07) is 3.74.